The second-order valence-electron chi connectivity index (χ2n) is 8.06. The summed E-state index contributed by atoms with van der Waals surface area (Å²) in [6, 6.07) is 2.89. The summed E-state index contributed by atoms with van der Waals surface area (Å²) in [5.41, 5.74) is 0.657. The molecule has 11 heteroatoms. The van der Waals surface area contributed by atoms with Crippen molar-refractivity contribution >= 4 is 17.9 Å². The molecule has 1 aromatic heterocycles. The van der Waals surface area contributed by atoms with Crippen LogP contribution in [0.5, 0.6) is 5.75 Å². The van der Waals surface area contributed by atoms with Crippen LogP contribution < -0.4 is 4.74 Å². The van der Waals surface area contributed by atoms with Crippen LogP contribution in [0.4, 0.5) is 0 Å². The Balaban J connectivity index is 0.00000512. The van der Waals surface area contributed by atoms with Crippen molar-refractivity contribution in [3.05, 3.63) is 24.0 Å². The minimum Gasteiger partial charge on any atom is -0.489 e. The molecule has 0 amide bonds. The maximum absolute atomic E-state index is 11.6. The molecule has 10 nitrogen and oxygen atoms in total. The standard InChI is InChI=1S/C21H31N3O7.Mn/c1-14(2)31-16-8-7-15(22-9-16)10-23(11-19(25)26)17-5-3-4-6-18(17)24(12-20(27)28)13-21(29)30;/h7-9,14,17-18H,3-6,10-13H2,1-2H3,(H,25,26)(H,27,28)(H,29,30);/q;+2/t17-,18?;/m0./s1. The van der Waals surface area contributed by atoms with Gasteiger partial charge in [-0.25, -0.2) is 0 Å². The number of aliphatic carboxylic acids is 3. The first-order chi connectivity index (χ1) is 14.7. The van der Waals surface area contributed by atoms with E-state index in [0.717, 1.165) is 12.8 Å². The topological polar surface area (TPSA) is 140 Å². The number of hydrogen-bond acceptors (Lipinski definition) is 7. The van der Waals surface area contributed by atoms with Gasteiger partial charge in [-0.2, -0.15) is 0 Å². The first kappa shape index (κ1) is 27.8. The predicted octanol–water partition coefficient (Wildman–Crippen LogP) is 1.54. The van der Waals surface area contributed by atoms with Crippen LogP contribution in [0.15, 0.2) is 18.3 Å². The molecule has 3 N–H and O–H groups in total. The van der Waals surface area contributed by atoms with Crippen molar-refractivity contribution in [3.8, 4) is 5.75 Å². The van der Waals surface area contributed by atoms with Gasteiger partial charge in [0.2, 0.25) is 0 Å². The molecule has 32 heavy (non-hydrogen) atoms. The normalized spacial score (nSPS) is 18.4. The number of aromatic nitrogens is 1. The van der Waals surface area contributed by atoms with Gasteiger partial charge in [0.25, 0.3) is 0 Å². The zero-order valence-electron chi connectivity index (χ0n) is 18.3. The Labute approximate surface area is 198 Å². The van der Waals surface area contributed by atoms with Crippen LogP contribution in [0.25, 0.3) is 0 Å². The van der Waals surface area contributed by atoms with Gasteiger partial charge in [-0.1, -0.05) is 12.8 Å². The first-order valence-corrected chi connectivity index (χ1v) is 10.4. The predicted molar refractivity (Wildman–Crippen MR) is 111 cm³/mol. The van der Waals surface area contributed by atoms with Crippen LogP contribution in [0.2, 0.25) is 0 Å². The van der Waals surface area contributed by atoms with E-state index in [9.17, 15) is 29.7 Å². The molecule has 177 valence electrons. The Morgan fingerprint density at radius 1 is 0.969 bits per heavy atom. The number of carboxylic acids is 3. The zero-order valence-corrected chi connectivity index (χ0v) is 19.5. The molecule has 1 fully saturated rings. The number of carbonyl (C=O) groups is 3. The van der Waals surface area contributed by atoms with Crippen LogP contribution in [0.1, 0.15) is 45.2 Å². The average molecular weight is 492 g/mol. The monoisotopic (exact) mass is 492 g/mol. The smallest absolute Gasteiger partial charge is 0.489 e. The fraction of sp³-hybridized carbons (Fsp3) is 0.619. The molecule has 2 atom stereocenters. The van der Waals surface area contributed by atoms with Gasteiger partial charge < -0.3 is 20.1 Å². The van der Waals surface area contributed by atoms with Gasteiger partial charge in [-0.15, -0.1) is 0 Å². The van der Waals surface area contributed by atoms with Crippen molar-refractivity contribution in [1.82, 2.24) is 14.8 Å². The second kappa shape index (κ2) is 13.4. The van der Waals surface area contributed by atoms with E-state index >= 15 is 0 Å². The molecule has 2 rings (SSSR count). The molecule has 0 aromatic carbocycles. The summed E-state index contributed by atoms with van der Waals surface area (Å²) in [6.07, 6.45) is 4.55. The van der Waals surface area contributed by atoms with Gasteiger partial charge in [-0.3, -0.25) is 29.2 Å². The quantitative estimate of drug-likeness (QED) is 0.368. The Kier molecular flexibility index (Phi) is 11.6. The minimum absolute atomic E-state index is 0. The fourth-order valence-electron chi connectivity index (χ4n) is 4.10. The number of ether oxygens (including phenoxy) is 1. The molecule has 1 unspecified atom stereocenters. The molecule has 1 radical (unpaired) electrons. The molecule has 1 saturated carbocycles. The third-order valence-corrected chi connectivity index (χ3v) is 5.18. The van der Waals surface area contributed by atoms with Crippen LogP contribution in [0.3, 0.4) is 0 Å². The van der Waals surface area contributed by atoms with Crippen molar-refractivity contribution in [2.45, 2.75) is 64.3 Å². The summed E-state index contributed by atoms with van der Waals surface area (Å²) in [6.45, 7) is 3.00. The van der Waals surface area contributed by atoms with Crippen molar-refractivity contribution < 1.29 is 51.5 Å². The number of rotatable bonds is 12. The third kappa shape index (κ3) is 9.12. The molecule has 0 spiro atoms. The Hall–Kier alpha value is -2.20. The van der Waals surface area contributed by atoms with Gasteiger partial charge in [0.05, 0.1) is 37.6 Å². The summed E-state index contributed by atoms with van der Waals surface area (Å²) >= 11 is 0. The third-order valence-electron chi connectivity index (χ3n) is 5.18. The van der Waals surface area contributed by atoms with E-state index in [-0.39, 0.29) is 48.3 Å². The molecule has 1 heterocycles. The zero-order chi connectivity index (χ0) is 23.0. The first-order valence-electron chi connectivity index (χ1n) is 10.4. The van der Waals surface area contributed by atoms with E-state index in [1.54, 1.807) is 23.2 Å². The molecule has 1 aromatic rings. The molecule has 0 bridgehead atoms. The van der Waals surface area contributed by atoms with Crippen molar-refractivity contribution in [2.75, 3.05) is 19.6 Å². The van der Waals surface area contributed by atoms with Crippen LogP contribution in [-0.2, 0) is 38.0 Å². The van der Waals surface area contributed by atoms with E-state index in [1.807, 2.05) is 13.8 Å². The molecular formula is C21H31MnN3O7+2. The number of carboxylic acid groups (broad SMARTS) is 3. The van der Waals surface area contributed by atoms with Crippen molar-refractivity contribution in [2.24, 2.45) is 0 Å². The summed E-state index contributed by atoms with van der Waals surface area (Å²) in [5.74, 6) is -2.61. The van der Waals surface area contributed by atoms with Crippen molar-refractivity contribution in [3.63, 3.8) is 0 Å². The largest absolute Gasteiger partial charge is 2.00 e. The van der Waals surface area contributed by atoms with E-state index in [2.05, 4.69) is 4.98 Å². The fourth-order valence-corrected chi connectivity index (χ4v) is 4.10. The van der Waals surface area contributed by atoms with E-state index in [4.69, 9.17) is 4.74 Å². The van der Waals surface area contributed by atoms with Gasteiger partial charge in [0.1, 0.15) is 5.75 Å². The average Bonchev–Trinajstić information content (AvgIpc) is 2.67. The SMILES string of the molecule is CC(C)Oc1ccc(CN(CC(=O)O)[C@H]2CCCCC2N(CC(=O)O)CC(=O)O)nc1.[Mn+2]. The van der Waals surface area contributed by atoms with E-state index < -0.39 is 31.0 Å². The number of hydrogen-bond donors (Lipinski definition) is 3. The molecule has 1 aliphatic rings. The van der Waals surface area contributed by atoms with Crippen molar-refractivity contribution in [1.29, 1.82) is 0 Å². The molecule has 0 aliphatic heterocycles. The van der Waals surface area contributed by atoms with Crippen LogP contribution >= 0.6 is 0 Å². The maximum atomic E-state index is 11.6. The molecular weight excluding hydrogens is 461 g/mol. The van der Waals surface area contributed by atoms with Gasteiger partial charge in [-0.05, 0) is 38.8 Å². The summed E-state index contributed by atoms with van der Waals surface area (Å²) < 4.78 is 5.59. The van der Waals surface area contributed by atoms with E-state index in [1.165, 1.54) is 4.90 Å². The van der Waals surface area contributed by atoms with Gasteiger partial charge in [0.15, 0.2) is 0 Å². The molecule has 0 saturated heterocycles. The number of nitrogens with zero attached hydrogens (tertiary/aromatic N) is 3. The Bertz CT molecular complexity index is 744. The molecule has 1 aliphatic carbocycles. The number of pyridine rings is 1. The summed E-state index contributed by atoms with van der Waals surface area (Å²) in [7, 11) is 0. The van der Waals surface area contributed by atoms with Crippen LogP contribution in [0, 0.1) is 0 Å². The summed E-state index contributed by atoms with van der Waals surface area (Å²) in [5, 5.41) is 28.0. The Morgan fingerprint density at radius 2 is 1.47 bits per heavy atom. The van der Waals surface area contributed by atoms with E-state index in [0.29, 0.717) is 24.3 Å². The Morgan fingerprint density at radius 3 is 1.91 bits per heavy atom. The summed E-state index contributed by atoms with van der Waals surface area (Å²) in [4.78, 5) is 41.8. The minimum atomic E-state index is -1.11. The van der Waals surface area contributed by atoms with Crippen LogP contribution in [-0.4, -0.2) is 85.8 Å². The van der Waals surface area contributed by atoms with Gasteiger partial charge >= 0.3 is 35.0 Å². The van der Waals surface area contributed by atoms with Gasteiger partial charge in [0, 0.05) is 18.6 Å². The maximum Gasteiger partial charge on any atom is 2.00 e. The second-order valence-corrected chi connectivity index (χ2v) is 8.06.